The predicted octanol–water partition coefficient (Wildman–Crippen LogP) is 5.88. The molecule has 0 atom stereocenters. The number of β-amino-alcohol motifs (C(OH)–C–C–N with tert-alkyl or cyclic N) is 1. The highest BCUT2D eigenvalue weighted by atomic mass is 35.5. The van der Waals surface area contributed by atoms with Crippen LogP contribution in [0.1, 0.15) is 35.8 Å². The summed E-state index contributed by atoms with van der Waals surface area (Å²) in [6, 6.07) is 9.99. The highest BCUT2D eigenvalue weighted by Gasteiger charge is 2.28. The van der Waals surface area contributed by atoms with E-state index in [-0.39, 0.29) is 29.4 Å². The highest BCUT2D eigenvalue weighted by Crippen LogP contribution is 2.38. The smallest absolute Gasteiger partial charge is 0.255 e. The quantitative estimate of drug-likeness (QED) is 0.331. The molecule has 0 bridgehead atoms. The molecule has 0 amide bonds. The van der Waals surface area contributed by atoms with Crippen molar-refractivity contribution in [2.45, 2.75) is 32.6 Å². The van der Waals surface area contributed by atoms with Gasteiger partial charge in [0, 0.05) is 41.4 Å². The van der Waals surface area contributed by atoms with Gasteiger partial charge in [0.15, 0.2) is 11.7 Å². The molecule has 9 heteroatoms. The Bertz CT molecular complexity index is 1520. The van der Waals surface area contributed by atoms with Crippen molar-refractivity contribution >= 4 is 11.6 Å². The molecule has 198 valence electrons. The van der Waals surface area contributed by atoms with Crippen LogP contribution in [0.25, 0.3) is 28.3 Å². The number of hydrogen-bond donors (Lipinski definition) is 1. The maximum atomic E-state index is 14.9. The molecule has 0 saturated carbocycles. The zero-order valence-electron chi connectivity index (χ0n) is 21.2. The summed E-state index contributed by atoms with van der Waals surface area (Å²) < 4.78 is 36.4. The van der Waals surface area contributed by atoms with Crippen molar-refractivity contribution in [1.82, 2.24) is 14.5 Å². The van der Waals surface area contributed by atoms with Gasteiger partial charge in [-0.05, 0) is 81.2 Å². The van der Waals surface area contributed by atoms with Crippen LogP contribution in [0.5, 0.6) is 0 Å². The van der Waals surface area contributed by atoms with Crippen LogP contribution in [0.2, 0.25) is 5.02 Å². The molecule has 6 nitrogen and oxygen atoms in total. The zero-order chi connectivity index (χ0) is 27.0. The van der Waals surface area contributed by atoms with Crippen LogP contribution in [-0.2, 0) is 0 Å². The van der Waals surface area contributed by atoms with E-state index in [2.05, 4.69) is 4.90 Å². The molecule has 1 aliphatic heterocycles. The minimum Gasteiger partial charge on any atom is -0.440 e. The second kappa shape index (κ2) is 10.8. The number of likely N-dealkylation sites (tertiary alicyclic amines) is 1. The number of aliphatic hydroxyl groups excluding tert-OH is 1. The first-order chi connectivity index (χ1) is 18.2. The van der Waals surface area contributed by atoms with E-state index in [0.29, 0.717) is 34.4 Å². The van der Waals surface area contributed by atoms with Crippen LogP contribution in [0.3, 0.4) is 0 Å². The number of nitrogens with zero attached hydrogens (tertiary/aromatic N) is 3. The van der Waals surface area contributed by atoms with Gasteiger partial charge in [-0.1, -0.05) is 11.6 Å². The molecule has 4 aromatic rings. The Hall–Kier alpha value is -3.33. The molecule has 2 aromatic carbocycles. The molecule has 1 fully saturated rings. The lowest BCUT2D eigenvalue weighted by molar-refractivity contribution is 0.158. The van der Waals surface area contributed by atoms with Gasteiger partial charge in [-0.3, -0.25) is 9.36 Å². The summed E-state index contributed by atoms with van der Waals surface area (Å²) in [5.41, 5.74) is 3.15. The Labute approximate surface area is 224 Å². The van der Waals surface area contributed by atoms with Gasteiger partial charge in [-0.15, -0.1) is 0 Å². The zero-order valence-corrected chi connectivity index (χ0v) is 21.9. The molecule has 1 aliphatic rings. The molecular formula is C29H28ClF2N3O3. The summed E-state index contributed by atoms with van der Waals surface area (Å²) in [6.45, 7) is 6.03. The first-order valence-electron chi connectivity index (χ1n) is 12.5. The van der Waals surface area contributed by atoms with Crippen molar-refractivity contribution < 1.29 is 18.3 Å². The van der Waals surface area contributed by atoms with Crippen LogP contribution in [0, 0.1) is 25.5 Å². The van der Waals surface area contributed by atoms with Gasteiger partial charge in [0.1, 0.15) is 17.3 Å². The van der Waals surface area contributed by atoms with Crippen LogP contribution in [0.4, 0.5) is 8.78 Å². The van der Waals surface area contributed by atoms with Crippen molar-refractivity contribution in [2.24, 2.45) is 0 Å². The standard InChI is InChI=1S/C29H28ClF2N3O3/c1-17-13-21(30)14-18(2)27(17)35-16-20(3-6-25(35)37)26-28(23-5-4-22(31)15-24(23)32)38-29(33-26)19-7-9-34(10-8-19)11-12-36/h3-6,13-16,19,36H,7-12H2,1-2H3. The summed E-state index contributed by atoms with van der Waals surface area (Å²) in [5.74, 6) is -0.785. The first-order valence-corrected chi connectivity index (χ1v) is 12.9. The molecule has 0 radical (unpaired) electrons. The van der Waals surface area contributed by atoms with E-state index in [4.69, 9.17) is 21.0 Å². The summed E-state index contributed by atoms with van der Waals surface area (Å²) >= 11 is 6.21. The molecule has 0 unspecified atom stereocenters. The van der Waals surface area contributed by atoms with Gasteiger partial charge in [0.05, 0.1) is 17.9 Å². The predicted molar refractivity (Wildman–Crippen MR) is 143 cm³/mol. The summed E-state index contributed by atoms with van der Waals surface area (Å²) in [4.78, 5) is 19.9. The molecule has 5 rings (SSSR count). The van der Waals surface area contributed by atoms with E-state index >= 15 is 0 Å². The van der Waals surface area contributed by atoms with E-state index < -0.39 is 11.6 Å². The molecule has 0 aliphatic carbocycles. The van der Waals surface area contributed by atoms with Gasteiger partial charge >= 0.3 is 0 Å². The van der Waals surface area contributed by atoms with E-state index in [9.17, 15) is 18.7 Å². The third-order valence-electron chi connectivity index (χ3n) is 7.05. The average Bonchev–Trinajstić information content (AvgIpc) is 3.30. The molecule has 3 heterocycles. The Balaban J connectivity index is 1.63. The summed E-state index contributed by atoms with van der Waals surface area (Å²) in [7, 11) is 0. The van der Waals surface area contributed by atoms with E-state index in [1.165, 1.54) is 22.8 Å². The molecule has 1 saturated heterocycles. The minimum atomic E-state index is -0.760. The van der Waals surface area contributed by atoms with Gasteiger partial charge < -0.3 is 14.4 Å². The maximum Gasteiger partial charge on any atom is 0.255 e. The van der Waals surface area contributed by atoms with Crippen LogP contribution in [-0.4, -0.2) is 45.8 Å². The molecular weight excluding hydrogens is 512 g/mol. The number of hydrogen-bond acceptors (Lipinski definition) is 5. The lowest BCUT2D eigenvalue weighted by Gasteiger charge is -2.29. The number of aromatic nitrogens is 2. The Morgan fingerprint density at radius 2 is 1.79 bits per heavy atom. The van der Waals surface area contributed by atoms with Crippen LogP contribution >= 0.6 is 11.6 Å². The number of aryl methyl sites for hydroxylation is 2. The fourth-order valence-electron chi connectivity index (χ4n) is 5.19. The van der Waals surface area contributed by atoms with E-state index in [1.807, 2.05) is 13.8 Å². The third kappa shape index (κ3) is 5.16. The lowest BCUT2D eigenvalue weighted by Crippen LogP contribution is -2.35. The number of aliphatic hydroxyl groups is 1. The Morgan fingerprint density at radius 3 is 2.45 bits per heavy atom. The fourth-order valence-corrected chi connectivity index (χ4v) is 5.52. The normalized spacial score (nSPS) is 14.8. The summed E-state index contributed by atoms with van der Waals surface area (Å²) in [5, 5.41) is 9.82. The number of halogens is 3. The number of rotatable bonds is 6. The Kier molecular flexibility index (Phi) is 7.47. The van der Waals surface area contributed by atoms with Gasteiger partial charge in [0.2, 0.25) is 0 Å². The number of pyridine rings is 1. The number of oxazole rings is 1. The highest BCUT2D eigenvalue weighted by molar-refractivity contribution is 6.30. The van der Waals surface area contributed by atoms with E-state index in [0.717, 1.165) is 43.1 Å². The second-order valence-corrected chi connectivity index (χ2v) is 10.1. The van der Waals surface area contributed by atoms with Crippen molar-refractivity contribution in [3.05, 3.63) is 92.7 Å². The number of benzene rings is 2. The van der Waals surface area contributed by atoms with Gasteiger partial charge in [0.25, 0.3) is 5.56 Å². The number of piperidine rings is 1. The maximum absolute atomic E-state index is 14.9. The molecule has 1 N–H and O–H groups in total. The van der Waals surface area contributed by atoms with E-state index in [1.54, 1.807) is 24.4 Å². The van der Waals surface area contributed by atoms with Crippen molar-refractivity contribution in [3.63, 3.8) is 0 Å². The minimum absolute atomic E-state index is 0.00705. The summed E-state index contributed by atoms with van der Waals surface area (Å²) in [6.07, 6.45) is 3.21. The average molecular weight is 540 g/mol. The SMILES string of the molecule is Cc1cc(Cl)cc(C)c1-n1cc(-c2nc(C3CCN(CCO)CC3)oc2-c2ccc(F)cc2F)ccc1=O. The Morgan fingerprint density at radius 1 is 1.08 bits per heavy atom. The first kappa shape index (κ1) is 26.3. The van der Waals surface area contributed by atoms with Gasteiger partial charge in [-0.2, -0.15) is 0 Å². The monoisotopic (exact) mass is 539 g/mol. The fraction of sp³-hybridized carbons (Fsp3) is 0.310. The van der Waals surface area contributed by atoms with Crippen LogP contribution in [0.15, 0.2) is 57.9 Å². The van der Waals surface area contributed by atoms with Crippen molar-refractivity contribution in [1.29, 1.82) is 0 Å². The van der Waals surface area contributed by atoms with Gasteiger partial charge in [-0.25, -0.2) is 13.8 Å². The molecule has 38 heavy (non-hydrogen) atoms. The largest absolute Gasteiger partial charge is 0.440 e. The lowest BCUT2D eigenvalue weighted by atomic mass is 9.97. The van der Waals surface area contributed by atoms with Crippen molar-refractivity contribution in [2.75, 3.05) is 26.2 Å². The van der Waals surface area contributed by atoms with Crippen LogP contribution < -0.4 is 5.56 Å². The second-order valence-electron chi connectivity index (χ2n) is 9.71. The third-order valence-corrected chi connectivity index (χ3v) is 7.27. The topological polar surface area (TPSA) is 71.5 Å². The molecule has 0 spiro atoms. The van der Waals surface area contributed by atoms with Crippen molar-refractivity contribution in [3.8, 4) is 28.3 Å². The molecule has 2 aromatic heterocycles.